The van der Waals surface area contributed by atoms with Crippen LogP contribution in [0.15, 0.2) is 91.0 Å². The summed E-state index contributed by atoms with van der Waals surface area (Å²) in [6.45, 7) is 3.99. The summed E-state index contributed by atoms with van der Waals surface area (Å²) in [4.78, 5) is 22.7. The summed E-state index contributed by atoms with van der Waals surface area (Å²) in [6, 6.07) is 27.6. The topological polar surface area (TPSA) is 36.4 Å². The largest absolute Gasteiger partial charge is 0.336 e. The average molecular weight is 504 g/mol. The van der Waals surface area contributed by atoms with Gasteiger partial charge in [-0.2, -0.15) is 0 Å². The minimum Gasteiger partial charge on any atom is -0.336 e. The molecule has 1 aliphatic rings. The molecule has 0 saturated carbocycles. The summed E-state index contributed by atoms with van der Waals surface area (Å²) in [5.41, 5.74) is 4.23. The van der Waals surface area contributed by atoms with E-state index in [4.69, 9.17) is 16.6 Å². The second-order valence-electron chi connectivity index (χ2n) is 8.46. The standard InChI is InChI=1S/C29H26ClN3O.ClH/c30-26-14-6-4-13-24(26)28-21-25(23-12-5-7-15-27(23)31-28)29(34)33-19-17-32(18-20-33)16-8-11-22-9-2-1-3-10-22;/h1-15,21H,16-20H2;1H/b11-8+;. The van der Waals surface area contributed by atoms with Crippen LogP contribution in [-0.2, 0) is 0 Å². The van der Waals surface area contributed by atoms with Gasteiger partial charge in [-0.15, -0.1) is 12.4 Å². The maximum Gasteiger partial charge on any atom is 0.254 e. The summed E-state index contributed by atoms with van der Waals surface area (Å²) in [5, 5.41) is 1.50. The van der Waals surface area contributed by atoms with Crippen molar-refractivity contribution in [3.05, 3.63) is 107 Å². The van der Waals surface area contributed by atoms with E-state index in [1.54, 1.807) is 0 Å². The highest BCUT2D eigenvalue weighted by atomic mass is 35.5. The lowest BCUT2D eigenvalue weighted by Crippen LogP contribution is -2.48. The summed E-state index contributed by atoms with van der Waals surface area (Å²) >= 11 is 6.44. The first-order valence-corrected chi connectivity index (χ1v) is 11.9. The van der Waals surface area contributed by atoms with Crippen LogP contribution >= 0.6 is 24.0 Å². The molecule has 6 heteroatoms. The number of carbonyl (C=O) groups excluding carboxylic acids is 1. The molecule has 0 aliphatic carbocycles. The van der Waals surface area contributed by atoms with Crippen molar-refractivity contribution in [3.8, 4) is 11.3 Å². The van der Waals surface area contributed by atoms with Crippen LogP contribution < -0.4 is 0 Å². The van der Waals surface area contributed by atoms with E-state index in [0.717, 1.165) is 41.8 Å². The molecule has 1 fully saturated rings. The van der Waals surface area contributed by atoms with Crippen molar-refractivity contribution in [3.63, 3.8) is 0 Å². The van der Waals surface area contributed by atoms with Gasteiger partial charge in [-0.3, -0.25) is 9.69 Å². The zero-order valence-electron chi connectivity index (χ0n) is 19.3. The number of amides is 1. The Kier molecular flexibility index (Phi) is 8.19. The first-order valence-electron chi connectivity index (χ1n) is 11.6. The molecule has 2 heterocycles. The second-order valence-corrected chi connectivity index (χ2v) is 8.87. The molecular formula is C29H27Cl2N3O. The zero-order valence-corrected chi connectivity index (χ0v) is 20.9. The molecule has 1 amide bonds. The van der Waals surface area contributed by atoms with Crippen LogP contribution in [-0.4, -0.2) is 53.4 Å². The fourth-order valence-corrected chi connectivity index (χ4v) is 4.60. The van der Waals surface area contributed by atoms with Crippen LogP contribution in [0.2, 0.25) is 5.02 Å². The lowest BCUT2D eigenvalue weighted by molar-refractivity contribution is 0.0652. The quantitative estimate of drug-likeness (QED) is 0.314. The van der Waals surface area contributed by atoms with Crippen LogP contribution in [0.4, 0.5) is 0 Å². The van der Waals surface area contributed by atoms with Crippen LogP contribution in [0, 0.1) is 0 Å². The Bertz CT molecular complexity index is 1330. The van der Waals surface area contributed by atoms with Gasteiger partial charge in [-0.05, 0) is 23.8 Å². The molecule has 0 unspecified atom stereocenters. The second kappa shape index (κ2) is 11.5. The Morgan fingerprint density at radius 1 is 0.886 bits per heavy atom. The van der Waals surface area contributed by atoms with Crippen LogP contribution in [0.25, 0.3) is 28.2 Å². The van der Waals surface area contributed by atoms with Gasteiger partial charge >= 0.3 is 0 Å². The predicted octanol–water partition coefficient (Wildman–Crippen LogP) is 6.45. The minimum atomic E-state index is 0. The highest BCUT2D eigenvalue weighted by Gasteiger charge is 2.24. The molecule has 3 aromatic carbocycles. The number of fused-ring (bicyclic) bond motifs is 1. The van der Waals surface area contributed by atoms with Crippen LogP contribution in [0.3, 0.4) is 0 Å². The smallest absolute Gasteiger partial charge is 0.254 e. The minimum absolute atomic E-state index is 0. The number of hydrogen-bond acceptors (Lipinski definition) is 3. The Morgan fingerprint density at radius 3 is 2.34 bits per heavy atom. The van der Waals surface area contributed by atoms with Crippen molar-refractivity contribution < 1.29 is 4.79 Å². The number of carbonyl (C=O) groups is 1. The van der Waals surface area contributed by atoms with Crippen molar-refractivity contribution in [2.45, 2.75) is 0 Å². The molecular weight excluding hydrogens is 477 g/mol. The lowest BCUT2D eigenvalue weighted by atomic mass is 10.0. The number of pyridine rings is 1. The summed E-state index contributed by atoms with van der Waals surface area (Å²) < 4.78 is 0. The number of aromatic nitrogens is 1. The monoisotopic (exact) mass is 503 g/mol. The summed E-state index contributed by atoms with van der Waals surface area (Å²) in [6.07, 6.45) is 4.34. The highest BCUT2D eigenvalue weighted by Crippen LogP contribution is 2.30. The molecule has 0 bridgehead atoms. The van der Waals surface area contributed by atoms with E-state index < -0.39 is 0 Å². The van der Waals surface area contributed by atoms with Gasteiger partial charge in [0.15, 0.2) is 0 Å². The van der Waals surface area contributed by atoms with E-state index in [0.29, 0.717) is 23.7 Å². The van der Waals surface area contributed by atoms with Gasteiger partial charge in [0.25, 0.3) is 5.91 Å². The first kappa shape index (κ1) is 24.9. The molecule has 1 aromatic heterocycles. The molecule has 1 aliphatic heterocycles. The Morgan fingerprint density at radius 2 is 1.57 bits per heavy atom. The SMILES string of the molecule is Cl.O=C(c1cc(-c2ccccc2Cl)nc2ccccc12)N1CCN(C/C=C/c2ccccc2)CC1. The van der Waals surface area contributed by atoms with Crippen LogP contribution in [0.5, 0.6) is 0 Å². The van der Waals surface area contributed by atoms with Crippen molar-refractivity contribution >= 4 is 46.9 Å². The molecule has 4 aromatic rings. The number of piperazine rings is 1. The van der Waals surface area contributed by atoms with Gasteiger partial charge in [0.05, 0.1) is 16.8 Å². The summed E-state index contributed by atoms with van der Waals surface area (Å²) in [7, 11) is 0. The number of benzene rings is 3. The van der Waals surface area contributed by atoms with Gasteiger partial charge in [0.2, 0.25) is 0 Å². The van der Waals surface area contributed by atoms with Crippen molar-refractivity contribution in [2.24, 2.45) is 0 Å². The van der Waals surface area contributed by atoms with Gasteiger partial charge < -0.3 is 4.90 Å². The van der Waals surface area contributed by atoms with Gasteiger partial charge in [0.1, 0.15) is 0 Å². The first-order chi connectivity index (χ1) is 16.7. The molecule has 4 nitrogen and oxygen atoms in total. The average Bonchev–Trinajstić information content (AvgIpc) is 2.89. The van der Waals surface area contributed by atoms with E-state index in [9.17, 15) is 4.79 Å². The maximum atomic E-state index is 13.6. The van der Waals surface area contributed by atoms with Gasteiger partial charge in [-0.1, -0.05) is 90.5 Å². The van der Waals surface area contributed by atoms with Crippen molar-refractivity contribution in [2.75, 3.05) is 32.7 Å². The number of halogens is 2. The van der Waals surface area contributed by atoms with E-state index in [2.05, 4.69) is 29.2 Å². The molecule has 0 radical (unpaired) electrons. The van der Waals surface area contributed by atoms with E-state index >= 15 is 0 Å². The Hall–Kier alpha value is -3.18. The third-order valence-electron chi connectivity index (χ3n) is 6.23. The third-order valence-corrected chi connectivity index (χ3v) is 6.56. The predicted molar refractivity (Wildman–Crippen MR) is 147 cm³/mol. The third kappa shape index (κ3) is 5.73. The number of rotatable bonds is 5. The normalized spacial score (nSPS) is 14.3. The van der Waals surface area contributed by atoms with E-state index in [1.165, 1.54) is 5.56 Å². The van der Waals surface area contributed by atoms with Crippen LogP contribution in [0.1, 0.15) is 15.9 Å². The van der Waals surface area contributed by atoms with Gasteiger partial charge in [-0.25, -0.2) is 4.98 Å². The number of para-hydroxylation sites is 1. The molecule has 0 atom stereocenters. The maximum absolute atomic E-state index is 13.6. The molecule has 178 valence electrons. The van der Waals surface area contributed by atoms with Crippen molar-refractivity contribution in [1.82, 2.24) is 14.8 Å². The van der Waals surface area contributed by atoms with E-state index in [1.807, 2.05) is 77.7 Å². The molecule has 35 heavy (non-hydrogen) atoms. The van der Waals surface area contributed by atoms with Gasteiger partial charge in [0, 0.05) is 48.7 Å². The zero-order chi connectivity index (χ0) is 23.3. The summed E-state index contributed by atoms with van der Waals surface area (Å²) in [5.74, 6) is 0.0476. The lowest BCUT2D eigenvalue weighted by Gasteiger charge is -2.34. The molecule has 1 saturated heterocycles. The molecule has 5 rings (SSSR count). The molecule has 0 spiro atoms. The highest BCUT2D eigenvalue weighted by molar-refractivity contribution is 6.33. The number of hydrogen-bond donors (Lipinski definition) is 0. The van der Waals surface area contributed by atoms with Crippen molar-refractivity contribution in [1.29, 1.82) is 0 Å². The molecule has 0 N–H and O–H groups in total. The fourth-order valence-electron chi connectivity index (χ4n) is 4.37. The Labute approximate surface area is 217 Å². The number of nitrogens with zero attached hydrogens (tertiary/aromatic N) is 3. The Balaban J connectivity index is 0.00000289. The fraction of sp³-hybridized carbons (Fsp3) is 0.172. The van der Waals surface area contributed by atoms with E-state index in [-0.39, 0.29) is 18.3 Å².